The number of unbranched alkanes of at least 4 members (excludes halogenated alkanes) is 3. The first-order valence-electron chi connectivity index (χ1n) is 13.2. The van der Waals surface area contributed by atoms with E-state index in [1.807, 2.05) is 79.0 Å². The van der Waals surface area contributed by atoms with Crippen molar-refractivity contribution in [1.29, 1.82) is 0 Å². The van der Waals surface area contributed by atoms with Gasteiger partial charge in [0.05, 0.1) is 18.0 Å². The zero-order valence-corrected chi connectivity index (χ0v) is 23.0. The molecule has 0 atom stereocenters. The van der Waals surface area contributed by atoms with Crippen molar-refractivity contribution >= 4 is 21.6 Å². The molecule has 194 valence electrons. The van der Waals surface area contributed by atoms with Crippen LogP contribution in [0.25, 0.3) is 16.9 Å². The number of fused-ring (bicyclic) bond motifs is 1. The molecular formula is C32H32BrN3O2. The van der Waals surface area contributed by atoms with E-state index in [9.17, 15) is 5.11 Å². The molecule has 0 fully saturated rings. The molecule has 5 nitrogen and oxygen atoms in total. The Morgan fingerprint density at radius 3 is 2.24 bits per heavy atom. The topological polar surface area (TPSA) is 59.7 Å². The molecule has 2 aromatic heterocycles. The van der Waals surface area contributed by atoms with Crippen molar-refractivity contribution in [1.82, 2.24) is 14.4 Å². The zero-order chi connectivity index (χ0) is 26.2. The fourth-order valence-corrected chi connectivity index (χ4v) is 4.99. The van der Waals surface area contributed by atoms with Crippen LogP contribution in [-0.2, 0) is 12.8 Å². The van der Waals surface area contributed by atoms with E-state index < -0.39 is 0 Å². The maximum atomic E-state index is 11.3. The summed E-state index contributed by atoms with van der Waals surface area (Å²) in [4.78, 5) is 9.86. The third kappa shape index (κ3) is 6.43. The standard InChI is InChI=1S/C32H32BrN3O2/c33-18-9-1-2-10-19-38-27-17-11-14-25(20-27)22-29-32(37)36-23-30(26-15-7-4-8-16-26)34-28(31(36)35-29)21-24-12-5-3-6-13-24/h3-8,11-17,20,23,37H,1-2,9-10,18-19,21-22H2. The smallest absolute Gasteiger partial charge is 0.219 e. The Hall–Kier alpha value is -3.64. The van der Waals surface area contributed by atoms with E-state index in [-0.39, 0.29) is 5.88 Å². The van der Waals surface area contributed by atoms with Crippen LogP contribution in [0.3, 0.4) is 0 Å². The Balaban J connectivity index is 1.42. The van der Waals surface area contributed by atoms with Gasteiger partial charge in [0.1, 0.15) is 11.4 Å². The predicted molar refractivity (Wildman–Crippen MR) is 156 cm³/mol. The second kappa shape index (κ2) is 12.7. The number of alkyl halides is 1. The molecule has 5 aromatic rings. The van der Waals surface area contributed by atoms with Crippen LogP contribution < -0.4 is 4.74 Å². The monoisotopic (exact) mass is 569 g/mol. The van der Waals surface area contributed by atoms with Gasteiger partial charge in [0, 0.05) is 29.9 Å². The summed E-state index contributed by atoms with van der Waals surface area (Å²) in [5.74, 6) is 0.996. The highest BCUT2D eigenvalue weighted by molar-refractivity contribution is 9.09. The molecule has 0 aliphatic carbocycles. The quantitative estimate of drug-likeness (QED) is 0.124. The Kier molecular flexibility index (Phi) is 8.71. The minimum atomic E-state index is 0.145. The van der Waals surface area contributed by atoms with Gasteiger partial charge in [0.2, 0.25) is 5.88 Å². The van der Waals surface area contributed by atoms with Crippen molar-refractivity contribution in [3.05, 3.63) is 114 Å². The summed E-state index contributed by atoms with van der Waals surface area (Å²) in [7, 11) is 0. The lowest BCUT2D eigenvalue weighted by atomic mass is 10.1. The third-order valence-electron chi connectivity index (χ3n) is 6.57. The van der Waals surface area contributed by atoms with Crippen LogP contribution in [0.1, 0.15) is 48.2 Å². The number of aromatic nitrogens is 3. The lowest BCUT2D eigenvalue weighted by Gasteiger charge is -2.08. The van der Waals surface area contributed by atoms with Crippen LogP contribution in [0.15, 0.2) is 91.1 Å². The lowest BCUT2D eigenvalue weighted by Crippen LogP contribution is -2.00. The van der Waals surface area contributed by atoms with Crippen LogP contribution in [0.2, 0.25) is 0 Å². The normalized spacial score (nSPS) is 11.2. The van der Waals surface area contributed by atoms with E-state index in [0.717, 1.165) is 45.6 Å². The molecule has 38 heavy (non-hydrogen) atoms. The number of halogens is 1. The summed E-state index contributed by atoms with van der Waals surface area (Å²) in [6.07, 6.45) is 7.64. The average Bonchev–Trinajstić information content (AvgIpc) is 3.27. The van der Waals surface area contributed by atoms with Crippen LogP contribution >= 0.6 is 15.9 Å². The highest BCUT2D eigenvalue weighted by atomic mass is 79.9. The van der Waals surface area contributed by atoms with Crippen LogP contribution in [-0.4, -0.2) is 31.4 Å². The predicted octanol–water partition coefficient (Wildman–Crippen LogP) is 7.62. The number of nitrogens with zero attached hydrogens (tertiary/aromatic N) is 3. The van der Waals surface area contributed by atoms with E-state index in [0.29, 0.717) is 30.8 Å². The zero-order valence-electron chi connectivity index (χ0n) is 21.4. The molecule has 0 aliphatic heterocycles. The molecule has 2 heterocycles. The number of ether oxygens (including phenoxy) is 1. The summed E-state index contributed by atoms with van der Waals surface area (Å²) in [6, 6.07) is 28.4. The summed E-state index contributed by atoms with van der Waals surface area (Å²) in [5.41, 5.74) is 6.12. The van der Waals surface area contributed by atoms with Gasteiger partial charge in [-0.15, -0.1) is 0 Å². The summed E-state index contributed by atoms with van der Waals surface area (Å²) >= 11 is 3.48. The largest absolute Gasteiger partial charge is 0.494 e. The molecule has 0 bridgehead atoms. The number of aromatic hydroxyl groups is 1. The molecule has 0 amide bonds. The number of hydrogen-bond acceptors (Lipinski definition) is 4. The van der Waals surface area contributed by atoms with E-state index in [2.05, 4.69) is 28.1 Å². The molecule has 6 heteroatoms. The second-order valence-electron chi connectivity index (χ2n) is 9.45. The van der Waals surface area contributed by atoms with Gasteiger partial charge in [0.25, 0.3) is 0 Å². The molecule has 0 unspecified atom stereocenters. The van der Waals surface area contributed by atoms with Gasteiger partial charge in [-0.3, -0.25) is 4.40 Å². The fourth-order valence-electron chi connectivity index (χ4n) is 4.60. The maximum absolute atomic E-state index is 11.3. The number of benzene rings is 3. The summed E-state index contributed by atoms with van der Waals surface area (Å²) in [6.45, 7) is 0.710. The molecule has 1 N–H and O–H groups in total. The van der Waals surface area contributed by atoms with Crippen molar-refractivity contribution in [2.45, 2.75) is 38.5 Å². The number of imidazole rings is 1. The molecule has 5 rings (SSSR count). The maximum Gasteiger partial charge on any atom is 0.219 e. The van der Waals surface area contributed by atoms with Crippen molar-refractivity contribution < 1.29 is 9.84 Å². The van der Waals surface area contributed by atoms with Gasteiger partial charge in [-0.25, -0.2) is 9.97 Å². The molecular weight excluding hydrogens is 538 g/mol. The van der Waals surface area contributed by atoms with Crippen LogP contribution in [0.4, 0.5) is 0 Å². The molecule has 0 aliphatic rings. The number of hydrogen-bond donors (Lipinski definition) is 1. The SMILES string of the molecule is Oc1c(Cc2cccc(OCCCCCCBr)c2)nc2c(Cc3ccccc3)nc(-c3ccccc3)cn12. The number of rotatable bonds is 12. The van der Waals surface area contributed by atoms with Gasteiger partial charge in [-0.1, -0.05) is 102 Å². The minimum absolute atomic E-state index is 0.145. The minimum Gasteiger partial charge on any atom is -0.494 e. The third-order valence-corrected chi connectivity index (χ3v) is 7.13. The Labute approximate surface area is 232 Å². The summed E-state index contributed by atoms with van der Waals surface area (Å²) < 4.78 is 7.77. The van der Waals surface area contributed by atoms with Crippen LogP contribution in [0.5, 0.6) is 11.6 Å². The van der Waals surface area contributed by atoms with E-state index in [1.54, 1.807) is 4.40 Å². The van der Waals surface area contributed by atoms with Gasteiger partial charge < -0.3 is 9.84 Å². The average molecular weight is 571 g/mol. The van der Waals surface area contributed by atoms with Gasteiger partial charge in [-0.2, -0.15) is 0 Å². The molecule has 0 saturated carbocycles. The summed E-state index contributed by atoms with van der Waals surface area (Å²) in [5, 5.41) is 12.3. The molecule has 0 radical (unpaired) electrons. The van der Waals surface area contributed by atoms with Gasteiger partial charge >= 0.3 is 0 Å². The molecule has 0 spiro atoms. The van der Waals surface area contributed by atoms with Gasteiger partial charge in [-0.05, 0) is 36.1 Å². The highest BCUT2D eigenvalue weighted by Gasteiger charge is 2.18. The second-order valence-corrected chi connectivity index (χ2v) is 10.2. The van der Waals surface area contributed by atoms with Crippen molar-refractivity contribution in [3.8, 4) is 22.9 Å². The first-order valence-corrected chi connectivity index (χ1v) is 14.3. The lowest BCUT2D eigenvalue weighted by molar-refractivity contribution is 0.305. The Bertz CT molecular complexity index is 1470. The van der Waals surface area contributed by atoms with Crippen molar-refractivity contribution in [2.75, 3.05) is 11.9 Å². The van der Waals surface area contributed by atoms with Crippen molar-refractivity contribution in [2.24, 2.45) is 0 Å². The Morgan fingerprint density at radius 1 is 0.737 bits per heavy atom. The van der Waals surface area contributed by atoms with E-state index in [1.165, 1.54) is 19.3 Å². The molecule has 0 saturated heterocycles. The van der Waals surface area contributed by atoms with Crippen molar-refractivity contribution in [3.63, 3.8) is 0 Å². The van der Waals surface area contributed by atoms with E-state index in [4.69, 9.17) is 14.7 Å². The molecule has 3 aromatic carbocycles. The van der Waals surface area contributed by atoms with Gasteiger partial charge in [0.15, 0.2) is 5.65 Å². The fraction of sp³-hybridized carbons (Fsp3) is 0.250. The van der Waals surface area contributed by atoms with Crippen LogP contribution in [0, 0.1) is 0 Å². The first kappa shape index (κ1) is 26.0. The van der Waals surface area contributed by atoms with E-state index >= 15 is 0 Å². The first-order chi connectivity index (χ1) is 18.7. The Morgan fingerprint density at radius 2 is 1.45 bits per heavy atom. The highest BCUT2D eigenvalue weighted by Crippen LogP contribution is 2.29.